The molecular weight excluding hydrogens is 146 g/mol. The molecule has 64 valence electrons. The Labute approximate surface area is 65.6 Å². The molecule has 0 bridgehead atoms. The smallest absolute Gasteiger partial charge is 0.217 e. The van der Waals surface area contributed by atoms with Crippen LogP contribution in [-0.4, -0.2) is 17.9 Å². The van der Waals surface area contributed by atoms with E-state index in [1.807, 2.05) is 6.92 Å². The van der Waals surface area contributed by atoms with E-state index in [0.29, 0.717) is 12.8 Å². The number of carbonyl (C=O) groups excluding carboxylic acids is 2. The molecule has 1 atom stereocenters. The van der Waals surface area contributed by atoms with Gasteiger partial charge >= 0.3 is 0 Å². The van der Waals surface area contributed by atoms with Gasteiger partial charge in [0.1, 0.15) is 0 Å². The Bertz CT molecular complexity index is 156. The van der Waals surface area contributed by atoms with Gasteiger partial charge in [0, 0.05) is 6.92 Å². The van der Waals surface area contributed by atoms with Crippen LogP contribution in [0.2, 0.25) is 0 Å². The van der Waals surface area contributed by atoms with E-state index in [2.05, 4.69) is 5.32 Å². The van der Waals surface area contributed by atoms with E-state index < -0.39 is 12.0 Å². The summed E-state index contributed by atoms with van der Waals surface area (Å²) in [6.45, 7) is 3.13. The second-order valence-corrected chi connectivity index (χ2v) is 2.36. The molecule has 0 fully saturated rings. The average molecular weight is 158 g/mol. The van der Waals surface area contributed by atoms with Crippen molar-refractivity contribution in [2.75, 3.05) is 0 Å². The highest BCUT2D eigenvalue weighted by atomic mass is 16.4. The molecule has 0 aromatic carbocycles. The van der Waals surface area contributed by atoms with Crippen LogP contribution in [0, 0.1) is 0 Å². The molecule has 0 saturated heterocycles. The lowest BCUT2D eigenvalue weighted by Crippen LogP contribution is -2.47. The van der Waals surface area contributed by atoms with Gasteiger partial charge in [0.15, 0.2) is 0 Å². The summed E-state index contributed by atoms with van der Waals surface area (Å²) < 4.78 is 0. The van der Waals surface area contributed by atoms with Crippen molar-refractivity contribution in [3.05, 3.63) is 0 Å². The van der Waals surface area contributed by atoms with E-state index in [-0.39, 0.29) is 5.91 Å². The van der Waals surface area contributed by atoms with Gasteiger partial charge in [0.2, 0.25) is 5.91 Å². The van der Waals surface area contributed by atoms with Gasteiger partial charge in [0.25, 0.3) is 0 Å². The first-order valence-electron chi connectivity index (χ1n) is 3.56. The zero-order valence-electron chi connectivity index (χ0n) is 6.72. The lowest BCUT2D eigenvalue weighted by molar-refractivity contribution is -0.308. The van der Waals surface area contributed by atoms with Crippen molar-refractivity contribution in [2.24, 2.45) is 0 Å². The van der Waals surface area contributed by atoms with Crippen molar-refractivity contribution in [1.82, 2.24) is 5.32 Å². The van der Waals surface area contributed by atoms with Gasteiger partial charge in [-0.2, -0.15) is 0 Å². The standard InChI is InChI=1S/C7H13NO3/c1-3-4-6(7(10)11)8-5(2)9/h6H,3-4H2,1-2H3,(H,8,9)(H,10,11)/p-1. The number of carbonyl (C=O) groups is 2. The van der Waals surface area contributed by atoms with Crippen LogP contribution in [0.25, 0.3) is 0 Å². The van der Waals surface area contributed by atoms with Crippen LogP contribution in [0.4, 0.5) is 0 Å². The summed E-state index contributed by atoms with van der Waals surface area (Å²) in [6.07, 6.45) is 1.13. The third-order valence-corrected chi connectivity index (χ3v) is 1.24. The molecule has 1 N–H and O–H groups in total. The van der Waals surface area contributed by atoms with Crippen LogP contribution in [0.5, 0.6) is 0 Å². The molecule has 0 heterocycles. The molecule has 0 radical (unpaired) electrons. The fourth-order valence-electron chi connectivity index (χ4n) is 0.783. The van der Waals surface area contributed by atoms with E-state index in [9.17, 15) is 14.7 Å². The van der Waals surface area contributed by atoms with Crippen LogP contribution in [-0.2, 0) is 9.59 Å². The summed E-state index contributed by atoms with van der Waals surface area (Å²) in [5, 5.41) is 12.6. The van der Waals surface area contributed by atoms with E-state index in [0.717, 1.165) is 0 Å². The highest BCUT2D eigenvalue weighted by Crippen LogP contribution is 1.94. The van der Waals surface area contributed by atoms with Gasteiger partial charge in [-0.05, 0) is 6.42 Å². The summed E-state index contributed by atoms with van der Waals surface area (Å²) in [6, 6.07) is -0.836. The predicted octanol–water partition coefficient (Wildman–Crippen LogP) is -0.959. The molecule has 0 aliphatic rings. The van der Waals surface area contributed by atoms with Crippen LogP contribution in [0.15, 0.2) is 0 Å². The molecule has 1 unspecified atom stereocenters. The number of aliphatic carboxylic acids is 1. The minimum absolute atomic E-state index is 0.340. The molecule has 4 nitrogen and oxygen atoms in total. The van der Waals surface area contributed by atoms with Crippen molar-refractivity contribution in [2.45, 2.75) is 32.7 Å². The number of rotatable bonds is 4. The third kappa shape index (κ3) is 4.36. The fraction of sp³-hybridized carbons (Fsp3) is 0.714. The summed E-state index contributed by atoms with van der Waals surface area (Å²) >= 11 is 0. The summed E-state index contributed by atoms with van der Waals surface area (Å²) in [5.41, 5.74) is 0. The van der Waals surface area contributed by atoms with Crippen molar-refractivity contribution < 1.29 is 14.7 Å². The zero-order valence-corrected chi connectivity index (χ0v) is 6.72. The predicted molar refractivity (Wildman–Crippen MR) is 37.5 cm³/mol. The van der Waals surface area contributed by atoms with Gasteiger partial charge in [-0.15, -0.1) is 0 Å². The molecule has 1 amide bonds. The van der Waals surface area contributed by atoms with Crippen LogP contribution in [0.1, 0.15) is 26.7 Å². The number of hydrogen-bond acceptors (Lipinski definition) is 3. The largest absolute Gasteiger partial charge is 0.548 e. The monoisotopic (exact) mass is 158 g/mol. The molecule has 0 aliphatic carbocycles. The van der Waals surface area contributed by atoms with Crippen LogP contribution < -0.4 is 10.4 Å². The van der Waals surface area contributed by atoms with Gasteiger partial charge in [-0.3, -0.25) is 4.79 Å². The lowest BCUT2D eigenvalue weighted by atomic mass is 10.2. The third-order valence-electron chi connectivity index (χ3n) is 1.24. The Hall–Kier alpha value is -1.06. The highest BCUT2D eigenvalue weighted by molar-refractivity contribution is 5.80. The highest BCUT2D eigenvalue weighted by Gasteiger charge is 2.08. The van der Waals surface area contributed by atoms with E-state index in [4.69, 9.17) is 0 Å². The Balaban J connectivity index is 3.89. The van der Waals surface area contributed by atoms with Crippen molar-refractivity contribution in [3.63, 3.8) is 0 Å². The maximum Gasteiger partial charge on any atom is 0.217 e. The molecule has 0 rings (SSSR count). The second-order valence-electron chi connectivity index (χ2n) is 2.36. The summed E-state index contributed by atoms with van der Waals surface area (Å²) in [5.74, 6) is -1.56. The minimum Gasteiger partial charge on any atom is -0.548 e. The molecule has 0 saturated carbocycles. The average Bonchev–Trinajstić information content (AvgIpc) is 1.86. The summed E-state index contributed by atoms with van der Waals surface area (Å²) in [4.78, 5) is 20.7. The number of amides is 1. The zero-order chi connectivity index (χ0) is 8.85. The lowest BCUT2D eigenvalue weighted by Gasteiger charge is -2.17. The van der Waals surface area contributed by atoms with E-state index in [1.165, 1.54) is 6.92 Å². The quantitative estimate of drug-likeness (QED) is 0.573. The molecule has 0 aromatic rings. The number of carboxylic acids is 1. The van der Waals surface area contributed by atoms with Gasteiger partial charge in [-0.25, -0.2) is 0 Å². The Morgan fingerprint density at radius 2 is 2.09 bits per heavy atom. The van der Waals surface area contributed by atoms with Gasteiger partial charge < -0.3 is 15.2 Å². The molecule has 11 heavy (non-hydrogen) atoms. The number of nitrogens with one attached hydrogen (secondary N) is 1. The van der Waals surface area contributed by atoms with Gasteiger partial charge in [-0.1, -0.05) is 13.3 Å². The maximum absolute atomic E-state index is 10.4. The Kier molecular flexibility index (Phi) is 4.26. The number of hydrogen-bond donors (Lipinski definition) is 1. The molecule has 4 heteroatoms. The van der Waals surface area contributed by atoms with Gasteiger partial charge in [0.05, 0.1) is 12.0 Å². The second kappa shape index (κ2) is 4.71. The van der Waals surface area contributed by atoms with Crippen LogP contribution >= 0.6 is 0 Å². The first kappa shape index (κ1) is 9.94. The molecular formula is C7H12NO3-. The van der Waals surface area contributed by atoms with E-state index in [1.54, 1.807) is 0 Å². The Morgan fingerprint density at radius 3 is 2.36 bits per heavy atom. The topological polar surface area (TPSA) is 69.2 Å². The molecule has 0 aliphatic heterocycles. The molecule has 0 aromatic heterocycles. The first-order valence-corrected chi connectivity index (χ1v) is 3.56. The summed E-state index contributed by atoms with van der Waals surface area (Å²) in [7, 11) is 0. The first-order chi connectivity index (χ1) is 5.07. The molecule has 0 spiro atoms. The van der Waals surface area contributed by atoms with Crippen molar-refractivity contribution in [1.29, 1.82) is 0 Å². The number of carboxylic acid groups (broad SMARTS) is 1. The normalized spacial score (nSPS) is 12.2. The van der Waals surface area contributed by atoms with Crippen molar-refractivity contribution >= 4 is 11.9 Å². The van der Waals surface area contributed by atoms with Crippen molar-refractivity contribution in [3.8, 4) is 0 Å². The maximum atomic E-state index is 10.4. The fourth-order valence-corrected chi connectivity index (χ4v) is 0.783. The Morgan fingerprint density at radius 1 is 1.55 bits per heavy atom. The van der Waals surface area contributed by atoms with E-state index >= 15 is 0 Å². The SMILES string of the molecule is CCCC(NC(C)=O)C(=O)[O-]. The van der Waals surface area contributed by atoms with Crippen LogP contribution in [0.3, 0.4) is 0 Å². The minimum atomic E-state index is -1.22.